The number of halogens is 1. The van der Waals surface area contributed by atoms with Crippen molar-refractivity contribution in [2.45, 2.75) is 26.4 Å². The van der Waals surface area contributed by atoms with Crippen LogP contribution in [0.15, 0.2) is 18.2 Å². The number of carboxylic acid groups (broad SMARTS) is 1. The van der Waals surface area contributed by atoms with Gasteiger partial charge in [0, 0.05) is 18.8 Å². The largest absolute Gasteiger partial charge is 0.478 e. The van der Waals surface area contributed by atoms with Crippen molar-refractivity contribution in [3.63, 3.8) is 0 Å². The van der Waals surface area contributed by atoms with Crippen LogP contribution in [0.5, 0.6) is 0 Å². The van der Waals surface area contributed by atoms with Crippen molar-refractivity contribution in [2.75, 3.05) is 18.5 Å². The molecule has 2 N–H and O–H groups in total. The van der Waals surface area contributed by atoms with Crippen LogP contribution in [0.3, 0.4) is 0 Å². The smallest absolute Gasteiger partial charge is 0.337 e. The predicted molar refractivity (Wildman–Crippen MR) is 67.6 cm³/mol. The summed E-state index contributed by atoms with van der Waals surface area (Å²) in [5.74, 6) is -1.73. The SMILES string of the molecule is CCOC(C)(C)CNc1ccc(F)cc1C(=O)O. The first-order valence-electron chi connectivity index (χ1n) is 5.76. The lowest BCUT2D eigenvalue weighted by atomic mass is 10.1. The first-order valence-corrected chi connectivity index (χ1v) is 5.76. The van der Waals surface area contributed by atoms with Crippen LogP contribution in [-0.4, -0.2) is 29.8 Å². The fraction of sp³-hybridized carbons (Fsp3) is 0.462. The zero-order valence-electron chi connectivity index (χ0n) is 10.8. The second-order valence-electron chi connectivity index (χ2n) is 4.54. The maximum Gasteiger partial charge on any atom is 0.337 e. The van der Waals surface area contributed by atoms with Crippen LogP contribution < -0.4 is 5.32 Å². The number of hydrogen-bond acceptors (Lipinski definition) is 3. The average molecular weight is 255 g/mol. The molecule has 1 aromatic carbocycles. The molecule has 0 spiro atoms. The van der Waals surface area contributed by atoms with Gasteiger partial charge in [0.05, 0.1) is 11.2 Å². The summed E-state index contributed by atoms with van der Waals surface area (Å²) in [6, 6.07) is 3.64. The van der Waals surface area contributed by atoms with Gasteiger partial charge in [-0.15, -0.1) is 0 Å². The van der Waals surface area contributed by atoms with Crippen LogP contribution in [0.25, 0.3) is 0 Å². The number of carboxylic acids is 1. The summed E-state index contributed by atoms with van der Waals surface area (Å²) >= 11 is 0. The Morgan fingerprint density at radius 2 is 2.17 bits per heavy atom. The normalized spacial score (nSPS) is 11.3. The van der Waals surface area contributed by atoms with Gasteiger partial charge in [-0.3, -0.25) is 0 Å². The topological polar surface area (TPSA) is 58.6 Å². The Labute approximate surface area is 106 Å². The van der Waals surface area contributed by atoms with E-state index in [-0.39, 0.29) is 5.56 Å². The first kappa shape index (κ1) is 14.4. The molecule has 0 heterocycles. The molecule has 0 radical (unpaired) electrons. The Hall–Kier alpha value is -1.62. The van der Waals surface area contributed by atoms with Gasteiger partial charge in [0.2, 0.25) is 0 Å². The number of ether oxygens (including phenoxy) is 1. The number of anilines is 1. The lowest BCUT2D eigenvalue weighted by Gasteiger charge is -2.25. The lowest BCUT2D eigenvalue weighted by Crippen LogP contribution is -2.33. The minimum absolute atomic E-state index is 0.0812. The monoisotopic (exact) mass is 255 g/mol. The summed E-state index contributed by atoms with van der Waals surface area (Å²) in [6.07, 6.45) is 0. The van der Waals surface area contributed by atoms with E-state index >= 15 is 0 Å². The van der Waals surface area contributed by atoms with Crippen LogP contribution in [0.1, 0.15) is 31.1 Å². The molecule has 0 saturated carbocycles. The molecule has 0 aromatic heterocycles. The van der Waals surface area contributed by atoms with E-state index in [0.717, 1.165) is 6.07 Å². The van der Waals surface area contributed by atoms with Crippen molar-refractivity contribution >= 4 is 11.7 Å². The van der Waals surface area contributed by atoms with Crippen molar-refractivity contribution < 1.29 is 19.0 Å². The zero-order chi connectivity index (χ0) is 13.8. The van der Waals surface area contributed by atoms with Gasteiger partial charge in [-0.2, -0.15) is 0 Å². The van der Waals surface area contributed by atoms with Crippen molar-refractivity contribution in [2.24, 2.45) is 0 Å². The number of aromatic carboxylic acids is 1. The van der Waals surface area contributed by atoms with Crippen LogP contribution in [0.2, 0.25) is 0 Å². The van der Waals surface area contributed by atoms with E-state index in [1.807, 2.05) is 20.8 Å². The van der Waals surface area contributed by atoms with E-state index in [4.69, 9.17) is 9.84 Å². The predicted octanol–water partition coefficient (Wildman–Crippen LogP) is 2.75. The summed E-state index contributed by atoms with van der Waals surface area (Å²) in [7, 11) is 0. The van der Waals surface area contributed by atoms with E-state index in [1.165, 1.54) is 12.1 Å². The quantitative estimate of drug-likeness (QED) is 0.820. The van der Waals surface area contributed by atoms with E-state index in [0.29, 0.717) is 18.8 Å². The molecule has 1 aromatic rings. The highest BCUT2D eigenvalue weighted by molar-refractivity contribution is 5.94. The van der Waals surface area contributed by atoms with Crippen molar-refractivity contribution in [1.29, 1.82) is 0 Å². The molecule has 0 unspecified atom stereocenters. The van der Waals surface area contributed by atoms with Gasteiger partial charge in [-0.25, -0.2) is 9.18 Å². The summed E-state index contributed by atoms with van der Waals surface area (Å²) in [4.78, 5) is 11.0. The molecule has 0 aliphatic heterocycles. The highest BCUT2D eigenvalue weighted by Gasteiger charge is 2.19. The molecule has 18 heavy (non-hydrogen) atoms. The number of hydrogen-bond donors (Lipinski definition) is 2. The Morgan fingerprint density at radius 3 is 2.72 bits per heavy atom. The molecule has 4 nitrogen and oxygen atoms in total. The van der Waals surface area contributed by atoms with E-state index in [2.05, 4.69) is 5.32 Å². The minimum Gasteiger partial charge on any atom is -0.478 e. The number of carbonyl (C=O) groups is 1. The van der Waals surface area contributed by atoms with Crippen molar-refractivity contribution in [3.8, 4) is 0 Å². The average Bonchev–Trinajstić information content (AvgIpc) is 2.27. The molecule has 100 valence electrons. The molecule has 0 aliphatic rings. The third-order valence-electron chi connectivity index (χ3n) is 2.45. The standard InChI is InChI=1S/C13H18FNO3/c1-4-18-13(2,3)8-15-11-6-5-9(14)7-10(11)12(16)17/h5-7,15H,4,8H2,1-3H3,(H,16,17). The second kappa shape index (κ2) is 5.82. The fourth-order valence-electron chi connectivity index (χ4n) is 1.60. The summed E-state index contributed by atoms with van der Waals surface area (Å²) in [6.45, 7) is 6.69. The van der Waals surface area contributed by atoms with Gasteiger partial charge in [0.1, 0.15) is 5.82 Å². The molecule has 1 rings (SSSR count). The minimum atomic E-state index is -1.16. The Balaban J connectivity index is 2.82. The van der Waals surface area contributed by atoms with Gasteiger partial charge in [0.25, 0.3) is 0 Å². The molecular weight excluding hydrogens is 237 g/mol. The zero-order valence-corrected chi connectivity index (χ0v) is 10.8. The Morgan fingerprint density at radius 1 is 1.50 bits per heavy atom. The molecule has 0 atom stereocenters. The molecular formula is C13H18FNO3. The highest BCUT2D eigenvalue weighted by Crippen LogP contribution is 2.19. The molecule has 0 saturated heterocycles. The van der Waals surface area contributed by atoms with Gasteiger partial charge in [0.15, 0.2) is 0 Å². The van der Waals surface area contributed by atoms with Crippen LogP contribution in [0, 0.1) is 5.82 Å². The van der Waals surface area contributed by atoms with Gasteiger partial charge >= 0.3 is 5.97 Å². The fourth-order valence-corrected chi connectivity index (χ4v) is 1.60. The van der Waals surface area contributed by atoms with E-state index in [9.17, 15) is 9.18 Å². The third-order valence-corrected chi connectivity index (χ3v) is 2.45. The van der Waals surface area contributed by atoms with Crippen LogP contribution in [-0.2, 0) is 4.74 Å². The van der Waals surface area contributed by atoms with Gasteiger partial charge < -0.3 is 15.2 Å². The highest BCUT2D eigenvalue weighted by atomic mass is 19.1. The van der Waals surface area contributed by atoms with Crippen LogP contribution in [0.4, 0.5) is 10.1 Å². The summed E-state index contributed by atoms with van der Waals surface area (Å²) in [5, 5.41) is 12.0. The van der Waals surface area contributed by atoms with Crippen molar-refractivity contribution in [3.05, 3.63) is 29.6 Å². The Kier molecular flexibility index (Phi) is 4.67. The lowest BCUT2D eigenvalue weighted by molar-refractivity contribution is 0.000659. The van der Waals surface area contributed by atoms with E-state index in [1.54, 1.807) is 0 Å². The molecule has 0 bridgehead atoms. The van der Waals surface area contributed by atoms with Crippen molar-refractivity contribution in [1.82, 2.24) is 0 Å². The number of benzene rings is 1. The molecule has 0 fully saturated rings. The summed E-state index contributed by atoms with van der Waals surface area (Å²) < 4.78 is 18.5. The Bertz CT molecular complexity index is 432. The molecule has 0 aliphatic carbocycles. The molecule has 5 heteroatoms. The maximum atomic E-state index is 13.0. The first-order chi connectivity index (χ1) is 8.35. The van der Waals surface area contributed by atoms with Crippen LogP contribution >= 0.6 is 0 Å². The third kappa shape index (κ3) is 4.00. The second-order valence-corrected chi connectivity index (χ2v) is 4.54. The number of nitrogens with one attached hydrogen (secondary N) is 1. The van der Waals surface area contributed by atoms with E-state index < -0.39 is 17.4 Å². The van der Waals surface area contributed by atoms with Gasteiger partial charge in [-0.05, 0) is 39.0 Å². The maximum absolute atomic E-state index is 13.0. The molecule has 0 amide bonds. The summed E-state index contributed by atoms with van der Waals surface area (Å²) in [5.41, 5.74) is -0.113. The van der Waals surface area contributed by atoms with Gasteiger partial charge in [-0.1, -0.05) is 0 Å². The number of rotatable bonds is 6.